The lowest BCUT2D eigenvalue weighted by atomic mass is 9.95. The number of hydrogen-bond donors (Lipinski definition) is 3. The van der Waals surface area contributed by atoms with Crippen LogP contribution in [0.1, 0.15) is 20.3 Å². The first-order chi connectivity index (χ1) is 4.04. The van der Waals surface area contributed by atoms with Gasteiger partial charge >= 0.3 is 0 Å². The first-order valence-corrected chi connectivity index (χ1v) is 3.22. The van der Waals surface area contributed by atoms with E-state index in [0.717, 1.165) is 0 Å². The van der Waals surface area contributed by atoms with Gasteiger partial charge in [0.25, 0.3) is 0 Å². The van der Waals surface area contributed by atoms with E-state index in [-0.39, 0.29) is 6.04 Å². The first kappa shape index (κ1) is 8.88. The largest absolute Gasteiger partial charge is 0.389 e. The molecule has 0 rings (SSSR count). The van der Waals surface area contributed by atoms with E-state index in [4.69, 9.17) is 11.5 Å². The van der Waals surface area contributed by atoms with E-state index in [9.17, 15) is 5.11 Å². The maximum absolute atomic E-state index is 9.39. The summed E-state index contributed by atoms with van der Waals surface area (Å²) in [5, 5.41) is 9.39. The van der Waals surface area contributed by atoms with E-state index in [1.165, 1.54) is 0 Å². The first-order valence-electron chi connectivity index (χ1n) is 3.22. The lowest BCUT2D eigenvalue weighted by molar-refractivity contribution is 0.0317. The SMILES string of the molecule is CCC(C)(O)C(N)CN. The Balaban J connectivity index is 3.80. The molecule has 0 saturated heterocycles. The lowest BCUT2D eigenvalue weighted by Crippen LogP contribution is -2.49. The molecule has 0 aromatic rings. The zero-order chi connectivity index (χ0) is 7.49. The van der Waals surface area contributed by atoms with Crippen molar-refractivity contribution in [3.63, 3.8) is 0 Å². The molecule has 0 fully saturated rings. The van der Waals surface area contributed by atoms with E-state index in [1.54, 1.807) is 6.92 Å². The van der Waals surface area contributed by atoms with Crippen LogP contribution in [0.3, 0.4) is 0 Å². The molecule has 0 heterocycles. The average molecular weight is 132 g/mol. The predicted molar refractivity (Wildman–Crippen MR) is 37.9 cm³/mol. The second-order valence-electron chi connectivity index (χ2n) is 2.55. The monoisotopic (exact) mass is 132 g/mol. The molecule has 3 heteroatoms. The van der Waals surface area contributed by atoms with Gasteiger partial charge in [-0.1, -0.05) is 6.92 Å². The predicted octanol–water partition coefficient (Wildman–Crippen LogP) is -0.567. The molecule has 2 atom stereocenters. The summed E-state index contributed by atoms with van der Waals surface area (Å²) < 4.78 is 0. The van der Waals surface area contributed by atoms with Crippen LogP contribution in [0.2, 0.25) is 0 Å². The Hall–Kier alpha value is -0.120. The highest BCUT2D eigenvalue weighted by Gasteiger charge is 2.24. The number of rotatable bonds is 3. The van der Waals surface area contributed by atoms with E-state index < -0.39 is 5.60 Å². The molecule has 0 aromatic carbocycles. The lowest BCUT2D eigenvalue weighted by Gasteiger charge is -2.27. The minimum absolute atomic E-state index is 0.303. The molecule has 0 saturated carbocycles. The molecule has 0 aliphatic rings. The van der Waals surface area contributed by atoms with Crippen LogP contribution < -0.4 is 11.5 Å². The van der Waals surface area contributed by atoms with Crippen LogP contribution in [0.25, 0.3) is 0 Å². The van der Waals surface area contributed by atoms with E-state index in [0.29, 0.717) is 13.0 Å². The van der Waals surface area contributed by atoms with E-state index in [1.807, 2.05) is 6.92 Å². The van der Waals surface area contributed by atoms with Gasteiger partial charge in [-0.25, -0.2) is 0 Å². The molecule has 56 valence electrons. The highest BCUT2D eigenvalue weighted by Crippen LogP contribution is 2.10. The quantitative estimate of drug-likeness (QED) is 0.481. The second kappa shape index (κ2) is 3.15. The summed E-state index contributed by atoms with van der Waals surface area (Å²) in [4.78, 5) is 0. The fourth-order valence-electron chi connectivity index (χ4n) is 0.516. The summed E-state index contributed by atoms with van der Waals surface area (Å²) in [5.74, 6) is 0. The van der Waals surface area contributed by atoms with Crippen LogP contribution in [0.4, 0.5) is 0 Å². The summed E-state index contributed by atoms with van der Waals surface area (Å²) in [7, 11) is 0. The maximum atomic E-state index is 9.39. The van der Waals surface area contributed by atoms with Crippen LogP contribution in [0.5, 0.6) is 0 Å². The summed E-state index contributed by atoms with van der Waals surface area (Å²) in [6.45, 7) is 3.92. The Morgan fingerprint density at radius 1 is 1.67 bits per heavy atom. The molecule has 3 nitrogen and oxygen atoms in total. The smallest absolute Gasteiger partial charge is 0.0779 e. The fourth-order valence-corrected chi connectivity index (χ4v) is 0.516. The third-order valence-electron chi connectivity index (χ3n) is 1.77. The molecule has 0 aliphatic heterocycles. The Bertz CT molecular complexity index is 83.1. The summed E-state index contributed by atoms with van der Waals surface area (Å²) in [6.07, 6.45) is 0.644. The van der Waals surface area contributed by atoms with Crippen molar-refractivity contribution < 1.29 is 5.11 Å². The third kappa shape index (κ3) is 2.30. The van der Waals surface area contributed by atoms with Crippen molar-refractivity contribution in [2.24, 2.45) is 11.5 Å². The molecule has 9 heavy (non-hydrogen) atoms. The molecule has 0 amide bonds. The summed E-state index contributed by atoms with van der Waals surface area (Å²) >= 11 is 0. The van der Waals surface area contributed by atoms with Crippen molar-refractivity contribution >= 4 is 0 Å². The normalized spacial score (nSPS) is 21.0. The van der Waals surface area contributed by atoms with Crippen molar-refractivity contribution in [1.82, 2.24) is 0 Å². The zero-order valence-corrected chi connectivity index (χ0v) is 6.09. The molecule has 0 aliphatic carbocycles. The van der Waals surface area contributed by atoms with Gasteiger partial charge in [-0.15, -0.1) is 0 Å². The maximum Gasteiger partial charge on any atom is 0.0779 e. The Morgan fingerprint density at radius 2 is 2.11 bits per heavy atom. The molecular formula is C6H16N2O. The van der Waals surface area contributed by atoms with Gasteiger partial charge in [-0.05, 0) is 13.3 Å². The van der Waals surface area contributed by atoms with Crippen LogP contribution in [0, 0.1) is 0 Å². The van der Waals surface area contributed by atoms with Gasteiger partial charge in [-0.2, -0.15) is 0 Å². The van der Waals surface area contributed by atoms with Crippen molar-refractivity contribution in [3.8, 4) is 0 Å². The molecule has 0 spiro atoms. The van der Waals surface area contributed by atoms with Gasteiger partial charge < -0.3 is 16.6 Å². The van der Waals surface area contributed by atoms with Crippen molar-refractivity contribution in [1.29, 1.82) is 0 Å². The minimum Gasteiger partial charge on any atom is -0.389 e. The van der Waals surface area contributed by atoms with Crippen molar-refractivity contribution in [3.05, 3.63) is 0 Å². The number of nitrogens with two attached hydrogens (primary N) is 2. The van der Waals surface area contributed by atoms with Crippen LogP contribution in [-0.4, -0.2) is 23.3 Å². The van der Waals surface area contributed by atoms with Crippen LogP contribution in [-0.2, 0) is 0 Å². The van der Waals surface area contributed by atoms with Gasteiger partial charge in [0.05, 0.1) is 5.60 Å². The van der Waals surface area contributed by atoms with Gasteiger partial charge in [0, 0.05) is 12.6 Å². The van der Waals surface area contributed by atoms with Crippen molar-refractivity contribution in [2.75, 3.05) is 6.54 Å². The van der Waals surface area contributed by atoms with Crippen molar-refractivity contribution in [2.45, 2.75) is 31.9 Å². The summed E-state index contributed by atoms with van der Waals surface area (Å²) in [6, 6.07) is -0.303. The molecule has 2 unspecified atom stereocenters. The number of aliphatic hydroxyl groups is 1. The molecule has 0 aromatic heterocycles. The fraction of sp³-hybridized carbons (Fsp3) is 1.00. The Kier molecular flexibility index (Phi) is 3.11. The molecule has 5 N–H and O–H groups in total. The topological polar surface area (TPSA) is 72.3 Å². The molecule has 0 radical (unpaired) electrons. The standard InChI is InChI=1S/C6H16N2O/c1-3-6(2,9)5(8)4-7/h5,9H,3-4,7-8H2,1-2H3. The highest BCUT2D eigenvalue weighted by atomic mass is 16.3. The molecule has 0 bridgehead atoms. The second-order valence-corrected chi connectivity index (χ2v) is 2.55. The molecular weight excluding hydrogens is 116 g/mol. The van der Waals surface area contributed by atoms with Gasteiger partial charge in [0.2, 0.25) is 0 Å². The third-order valence-corrected chi connectivity index (χ3v) is 1.77. The number of hydrogen-bond acceptors (Lipinski definition) is 3. The van der Waals surface area contributed by atoms with Gasteiger partial charge in [-0.3, -0.25) is 0 Å². The average Bonchev–Trinajstić information content (AvgIpc) is 1.86. The minimum atomic E-state index is -0.797. The van der Waals surface area contributed by atoms with Crippen LogP contribution in [0.15, 0.2) is 0 Å². The van der Waals surface area contributed by atoms with Gasteiger partial charge in [0.15, 0.2) is 0 Å². The Morgan fingerprint density at radius 3 is 2.22 bits per heavy atom. The van der Waals surface area contributed by atoms with Gasteiger partial charge in [0.1, 0.15) is 0 Å². The zero-order valence-electron chi connectivity index (χ0n) is 6.09. The Labute approximate surface area is 56.0 Å². The van der Waals surface area contributed by atoms with E-state index >= 15 is 0 Å². The highest BCUT2D eigenvalue weighted by molar-refractivity contribution is 4.83. The van der Waals surface area contributed by atoms with E-state index in [2.05, 4.69) is 0 Å². The summed E-state index contributed by atoms with van der Waals surface area (Å²) in [5.41, 5.74) is 9.94. The van der Waals surface area contributed by atoms with Crippen LogP contribution >= 0.6 is 0 Å².